The number of halogens is 2. The third-order valence-electron chi connectivity index (χ3n) is 5.35. The SMILES string of the molecule is C/C=C\N=C(Nc1ccc(C(=O)N(C)CCCC)cc1)C(C)=N/C=C(\C)c1ccc(NC(F)F)cc1. The van der Waals surface area contributed by atoms with Crippen molar-refractivity contribution in [3.05, 3.63) is 78.1 Å². The van der Waals surface area contributed by atoms with E-state index in [-0.39, 0.29) is 5.91 Å². The van der Waals surface area contributed by atoms with Gasteiger partial charge in [-0.3, -0.25) is 9.79 Å². The monoisotopic (exact) mass is 495 g/mol. The van der Waals surface area contributed by atoms with E-state index in [0.29, 0.717) is 22.8 Å². The van der Waals surface area contributed by atoms with Crippen LogP contribution in [-0.4, -0.2) is 42.5 Å². The molecule has 0 spiro atoms. The van der Waals surface area contributed by atoms with Gasteiger partial charge in [0.25, 0.3) is 5.91 Å². The second-order valence-electron chi connectivity index (χ2n) is 8.29. The minimum Gasteiger partial charge on any atom is -0.342 e. The van der Waals surface area contributed by atoms with Crippen LogP contribution in [0.25, 0.3) is 5.57 Å². The maximum Gasteiger partial charge on any atom is 0.312 e. The molecule has 0 fully saturated rings. The summed E-state index contributed by atoms with van der Waals surface area (Å²) < 4.78 is 24.9. The number of hydrogen-bond donors (Lipinski definition) is 2. The maximum absolute atomic E-state index is 12.6. The van der Waals surface area contributed by atoms with Gasteiger partial charge in [-0.2, -0.15) is 8.78 Å². The lowest BCUT2D eigenvalue weighted by molar-refractivity contribution is 0.0793. The highest BCUT2D eigenvalue weighted by molar-refractivity contribution is 6.45. The average Bonchev–Trinajstić information content (AvgIpc) is 2.88. The number of nitrogens with one attached hydrogen (secondary N) is 2. The summed E-state index contributed by atoms with van der Waals surface area (Å²) in [6, 6.07) is 14.0. The van der Waals surface area contributed by atoms with Crippen LogP contribution >= 0.6 is 0 Å². The van der Waals surface area contributed by atoms with Gasteiger partial charge in [-0.05, 0) is 74.7 Å². The van der Waals surface area contributed by atoms with Crippen LogP contribution in [0.5, 0.6) is 0 Å². The lowest BCUT2D eigenvalue weighted by Crippen LogP contribution is -2.27. The Morgan fingerprint density at radius 3 is 2.19 bits per heavy atom. The molecular weight excluding hydrogens is 460 g/mol. The van der Waals surface area contributed by atoms with Crippen LogP contribution in [0.3, 0.4) is 0 Å². The maximum atomic E-state index is 12.6. The molecule has 36 heavy (non-hydrogen) atoms. The second kappa shape index (κ2) is 14.6. The van der Waals surface area contributed by atoms with E-state index in [4.69, 9.17) is 0 Å². The summed E-state index contributed by atoms with van der Waals surface area (Å²) in [5, 5.41) is 5.34. The van der Waals surface area contributed by atoms with Crippen LogP contribution in [0.15, 0.2) is 77.0 Å². The molecule has 2 aromatic carbocycles. The van der Waals surface area contributed by atoms with Crippen molar-refractivity contribution in [3.63, 3.8) is 0 Å². The van der Waals surface area contributed by atoms with Crippen LogP contribution in [0.4, 0.5) is 20.2 Å². The predicted octanol–water partition coefficient (Wildman–Crippen LogP) is 7.06. The molecule has 8 heteroatoms. The van der Waals surface area contributed by atoms with E-state index < -0.39 is 6.55 Å². The van der Waals surface area contributed by atoms with Gasteiger partial charge in [-0.25, -0.2) is 4.99 Å². The summed E-state index contributed by atoms with van der Waals surface area (Å²) in [5.41, 5.74) is 4.16. The van der Waals surface area contributed by atoms with Gasteiger partial charge in [0.2, 0.25) is 0 Å². The molecule has 0 radical (unpaired) electrons. The lowest BCUT2D eigenvalue weighted by Gasteiger charge is -2.17. The molecule has 192 valence electrons. The molecule has 0 unspecified atom stereocenters. The fourth-order valence-electron chi connectivity index (χ4n) is 3.20. The number of nitrogens with zero attached hydrogens (tertiary/aromatic N) is 3. The normalized spacial score (nSPS) is 12.8. The number of rotatable bonds is 11. The molecule has 0 aliphatic carbocycles. The van der Waals surface area contributed by atoms with Crippen molar-refractivity contribution in [2.75, 3.05) is 24.2 Å². The molecular formula is C28H35F2N5O. The van der Waals surface area contributed by atoms with E-state index in [0.717, 1.165) is 36.2 Å². The molecule has 2 N–H and O–H groups in total. The number of amides is 1. The lowest BCUT2D eigenvalue weighted by atomic mass is 10.1. The number of aliphatic imine (C=N–C) groups is 2. The Bertz CT molecular complexity index is 1100. The van der Waals surface area contributed by atoms with Gasteiger partial charge in [0.15, 0.2) is 5.84 Å². The molecule has 6 nitrogen and oxygen atoms in total. The van der Waals surface area contributed by atoms with Gasteiger partial charge in [0.1, 0.15) is 0 Å². The Kier molecular flexibility index (Phi) is 11.5. The van der Waals surface area contributed by atoms with Crippen molar-refractivity contribution in [1.82, 2.24) is 4.90 Å². The summed E-state index contributed by atoms with van der Waals surface area (Å²) in [7, 11) is 1.82. The van der Waals surface area contributed by atoms with Crippen LogP contribution in [-0.2, 0) is 0 Å². The number of benzene rings is 2. The molecule has 0 saturated heterocycles. The third kappa shape index (κ3) is 9.09. The molecule has 2 rings (SSSR count). The largest absolute Gasteiger partial charge is 0.342 e. The van der Waals surface area contributed by atoms with Gasteiger partial charge >= 0.3 is 6.55 Å². The summed E-state index contributed by atoms with van der Waals surface area (Å²) in [6.45, 7) is 5.84. The number of carbonyl (C=O) groups is 1. The molecule has 0 bridgehead atoms. The van der Waals surface area contributed by atoms with Crippen LogP contribution in [0, 0.1) is 0 Å². The molecule has 0 atom stereocenters. The molecule has 0 saturated carbocycles. The van der Waals surface area contributed by atoms with Crippen molar-refractivity contribution >= 4 is 34.4 Å². The minimum absolute atomic E-state index is 0.00539. The zero-order valence-electron chi connectivity index (χ0n) is 21.6. The number of unbranched alkanes of at least 4 members (excludes halogenated alkanes) is 1. The first kappa shape index (κ1) is 28.4. The van der Waals surface area contributed by atoms with E-state index in [1.165, 1.54) is 0 Å². The van der Waals surface area contributed by atoms with E-state index in [1.54, 1.807) is 53.7 Å². The van der Waals surface area contributed by atoms with E-state index in [9.17, 15) is 13.6 Å². The number of allylic oxidation sites excluding steroid dienone is 2. The highest BCUT2D eigenvalue weighted by Gasteiger charge is 2.11. The molecule has 0 aromatic heterocycles. The number of carbonyl (C=O) groups excluding carboxylic acids is 1. The second-order valence-corrected chi connectivity index (χ2v) is 8.29. The first-order chi connectivity index (χ1) is 17.2. The number of anilines is 2. The molecule has 0 aliphatic heterocycles. The predicted molar refractivity (Wildman–Crippen MR) is 147 cm³/mol. The first-order valence-electron chi connectivity index (χ1n) is 11.9. The molecule has 0 heterocycles. The number of hydrogen-bond acceptors (Lipinski definition) is 4. The van der Waals surface area contributed by atoms with Gasteiger partial charge in [0, 0.05) is 42.9 Å². The quantitative estimate of drug-likeness (QED) is 0.199. The fourth-order valence-corrected chi connectivity index (χ4v) is 3.20. The summed E-state index contributed by atoms with van der Waals surface area (Å²) in [4.78, 5) is 23.3. The molecule has 1 amide bonds. The van der Waals surface area contributed by atoms with Crippen LogP contribution in [0.2, 0.25) is 0 Å². The summed E-state index contributed by atoms with van der Waals surface area (Å²) in [6.07, 6.45) is 7.22. The smallest absolute Gasteiger partial charge is 0.312 e. The summed E-state index contributed by atoms with van der Waals surface area (Å²) in [5.74, 6) is 0.557. The van der Waals surface area contributed by atoms with Crippen molar-refractivity contribution in [3.8, 4) is 0 Å². The number of amidine groups is 1. The van der Waals surface area contributed by atoms with Crippen molar-refractivity contribution < 1.29 is 13.6 Å². The fraction of sp³-hybridized carbons (Fsp3) is 0.321. The van der Waals surface area contributed by atoms with Gasteiger partial charge in [0.05, 0.1) is 5.71 Å². The van der Waals surface area contributed by atoms with Crippen LogP contribution in [0.1, 0.15) is 56.5 Å². The van der Waals surface area contributed by atoms with Crippen molar-refractivity contribution in [2.45, 2.75) is 47.1 Å². The zero-order valence-corrected chi connectivity index (χ0v) is 21.6. The van der Waals surface area contributed by atoms with E-state index >= 15 is 0 Å². The Morgan fingerprint density at radius 2 is 1.61 bits per heavy atom. The van der Waals surface area contributed by atoms with Crippen LogP contribution < -0.4 is 10.6 Å². The van der Waals surface area contributed by atoms with Gasteiger partial charge in [-0.1, -0.05) is 31.6 Å². The van der Waals surface area contributed by atoms with Gasteiger partial charge in [-0.15, -0.1) is 0 Å². The van der Waals surface area contributed by atoms with E-state index in [2.05, 4.69) is 27.5 Å². The molecule has 0 aliphatic rings. The average molecular weight is 496 g/mol. The topological polar surface area (TPSA) is 69.1 Å². The Labute approximate surface area is 212 Å². The number of alkyl halides is 2. The summed E-state index contributed by atoms with van der Waals surface area (Å²) >= 11 is 0. The molecule has 2 aromatic rings. The zero-order chi connectivity index (χ0) is 26.5. The standard InChI is InChI=1S/C28H35F2N5O/c1-6-8-18-35(5)27(36)23-11-15-24(16-12-23)33-26(31-17-7-2)21(4)32-19-20(3)22-9-13-25(14-10-22)34-28(29)30/h7,9-17,19,28,34H,6,8,18H2,1-5H3,(H,31,33)/b17-7-,20-19+,32-21?. The highest BCUT2D eigenvalue weighted by atomic mass is 19.3. The Balaban J connectivity index is 2.15. The van der Waals surface area contributed by atoms with E-state index in [1.807, 2.05) is 46.0 Å². The van der Waals surface area contributed by atoms with Gasteiger partial charge < -0.3 is 15.5 Å². The highest BCUT2D eigenvalue weighted by Crippen LogP contribution is 2.18. The first-order valence-corrected chi connectivity index (χ1v) is 11.9. The van der Waals surface area contributed by atoms with Crippen molar-refractivity contribution in [2.24, 2.45) is 9.98 Å². The Hall–Kier alpha value is -3.81. The Morgan fingerprint density at radius 1 is 1.00 bits per heavy atom. The van der Waals surface area contributed by atoms with Crippen molar-refractivity contribution in [1.29, 1.82) is 0 Å². The third-order valence-corrected chi connectivity index (χ3v) is 5.35. The minimum atomic E-state index is -2.61.